The number of piperazine rings is 1. The fourth-order valence-electron chi connectivity index (χ4n) is 2.01. The molecular weight excluding hydrogens is 264 g/mol. The lowest BCUT2D eigenvalue weighted by Crippen LogP contribution is -2.47. The molecule has 0 atom stereocenters. The van der Waals surface area contributed by atoms with Gasteiger partial charge < -0.3 is 15.0 Å². The minimum atomic E-state index is 0. The van der Waals surface area contributed by atoms with Crippen molar-refractivity contribution >= 4 is 18.3 Å². The van der Waals surface area contributed by atoms with Crippen molar-refractivity contribution in [3.05, 3.63) is 29.3 Å². The van der Waals surface area contributed by atoms with Gasteiger partial charge in [-0.3, -0.25) is 4.79 Å². The quantitative estimate of drug-likeness (QED) is 0.915. The van der Waals surface area contributed by atoms with Crippen molar-refractivity contribution < 1.29 is 9.53 Å². The summed E-state index contributed by atoms with van der Waals surface area (Å²) >= 11 is 0. The molecule has 0 aliphatic carbocycles. The van der Waals surface area contributed by atoms with Crippen LogP contribution in [0.5, 0.6) is 5.75 Å². The highest BCUT2D eigenvalue weighted by molar-refractivity contribution is 5.85. The molecule has 1 aromatic rings. The van der Waals surface area contributed by atoms with Gasteiger partial charge in [0.15, 0.2) is 6.61 Å². The molecule has 0 bridgehead atoms. The third kappa shape index (κ3) is 4.40. The average Bonchev–Trinajstić information content (AvgIpc) is 2.40. The van der Waals surface area contributed by atoms with Crippen LogP contribution < -0.4 is 10.1 Å². The third-order valence-electron chi connectivity index (χ3n) is 3.16. The van der Waals surface area contributed by atoms with Crippen LogP contribution >= 0.6 is 12.4 Å². The van der Waals surface area contributed by atoms with Crippen LogP contribution in [0.15, 0.2) is 18.2 Å². The summed E-state index contributed by atoms with van der Waals surface area (Å²) in [4.78, 5) is 13.8. The fourth-order valence-corrected chi connectivity index (χ4v) is 2.01. The first kappa shape index (κ1) is 15.8. The smallest absolute Gasteiger partial charge is 0.260 e. The van der Waals surface area contributed by atoms with E-state index in [1.54, 1.807) is 0 Å². The predicted octanol–water partition coefficient (Wildman–Crippen LogP) is 1.54. The van der Waals surface area contributed by atoms with Crippen molar-refractivity contribution in [2.45, 2.75) is 13.8 Å². The molecular formula is C14H21ClN2O2. The zero-order chi connectivity index (χ0) is 13.0. The van der Waals surface area contributed by atoms with Crippen LogP contribution in [0, 0.1) is 13.8 Å². The van der Waals surface area contributed by atoms with Crippen molar-refractivity contribution in [3.63, 3.8) is 0 Å². The second-order valence-electron chi connectivity index (χ2n) is 4.69. The molecule has 0 spiro atoms. The first-order chi connectivity index (χ1) is 8.66. The second-order valence-corrected chi connectivity index (χ2v) is 4.69. The van der Waals surface area contributed by atoms with E-state index in [1.165, 1.54) is 0 Å². The lowest BCUT2D eigenvalue weighted by molar-refractivity contribution is -0.133. The van der Waals surface area contributed by atoms with Crippen LogP contribution in [0.2, 0.25) is 0 Å². The van der Waals surface area contributed by atoms with Gasteiger partial charge >= 0.3 is 0 Å². The summed E-state index contributed by atoms with van der Waals surface area (Å²) in [6.07, 6.45) is 0. The Morgan fingerprint density at radius 3 is 2.68 bits per heavy atom. The molecule has 5 heteroatoms. The number of carbonyl (C=O) groups excluding carboxylic acids is 1. The van der Waals surface area contributed by atoms with Gasteiger partial charge in [-0.1, -0.05) is 12.1 Å². The Kier molecular flexibility index (Phi) is 6.12. The number of rotatable bonds is 3. The number of hydrogen-bond donors (Lipinski definition) is 1. The number of carbonyl (C=O) groups is 1. The molecule has 1 fully saturated rings. The highest BCUT2D eigenvalue weighted by Gasteiger charge is 2.16. The number of amides is 1. The molecule has 4 nitrogen and oxygen atoms in total. The van der Waals surface area contributed by atoms with Crippen LogP contribution in [-0.4, -0.2) is 43.6 Å². The fraction of sp³-hybridized carbons (Fsp3) is 0.500. The molecule has 19 heavy (non-hydrogen) atoms. The number of nitrogens with one attached hydrogen (secondary N) is 1. The van der Waals surface area contributed by atoms with Crippen LogP contribution in [0.3, 0.4) is 0 Å². The Balaban J connectivity index is 0.00000180. The van der Waals surface area contributed by atoms with E-state index < -0.39 is 0 Å². The van der Waals surface area contributed by atoms with Gasteiger partial charge in [-0.25, -0.2) is 0 Å². The first-order valence-corrected chi connectivity index (χ1v) is 6.35. The lowest BCUT2D eigenvalue weighted by Gasteiger charge is -2.27. The van der Waals surface area contributed by atoms with E-state index in [9.17, 15) is 4.79 Å². The number of hydrogen-bond acceptors (Lipinski definition) is 3. The highest BCUT2D eigenvalue weighted by atomic mass is 35.5. The van der Waals surface area contributed by atoms with Crippen molar-refractivity contribution in [2.75, 3.05) is 32.8 Å². The summed E-state index contributed by atoms with van der Waals surface area (Å²) in [5.41, 5.74) is 2.21. The Bertz CT molecular complexity index is 431. The molecule has 1 saturated heterocycles. The van der Waals surface area contributed by atoms with E-state index in [0.29, 0.717) is 0 Å². The number of nitrogens with zero attached hydrogens (tertiary/aromatic N) is 1. The minimum absolute atomic E-state index is 0. The molecule has 1 amide bonds. The molecule has 1 heterocycles. The second kappa shape index (κ2) is 7.36. The predicted molar refractivity (Wildman–Crippen MR) is 78.1 cm³/mol. The van der Waals surface area contributed by atoms with Crippen LogP contribution in [0.4, 0.5) is 0 Å². The molecule has 2 rings (SSSR count). The van der Waals surface area contributed by atoms with E-state index in [2.05, 4.69) is 5.32 Å². The number of ether oxygens (including phenoxy) is 1. The van der Waals surface area contributed by atoms with E-state index in [0.717, 1.165) is 43.1 Å². The van der Waals surface area contributed by atoms with Gasteiger partial charge in [-0.15, -0.1) is 12.4 Å². The molecule has 1 aliphatic rings. The van der Waals surface area contributed by atoms with E-state index >= 15 is 0 Å². The van der Waals surface area contributed by atoms with E-state index in [1.807, 2.05) is 36.9 Å². The van der Waals surface area contributed by atoms with E-state index in [-0.39, 0.29) is 24.9 Å². The molecule has 0 radical (unpaired) electrons. The topological polar surface area (TPSA) is 41.6 Å². The monoisotopic (exact) mass is 284 g/mol. The summed E-state index contributed by atoms with van der Waals surface area (Å²) in [6.45, 7) is 7.42. The largest absolute Gasteiger partial charge is 0.483 e. The first-order valence-electron chi connectivity index (χ1n) is 6.35. The van der Waals surface area contributed by atoms with Crippen molar-refractivity contribution in [1.29, 1.82) is 0 Å². The number of benzene rings is 1. The van der Waals surface area contributed by atoms with Gasteiger partial charge in [0, 0.05) is 26.2 Å². The van der Waals surface area contributed by atoms with Crippen molar-refractivity contribution in [1.82, 2.24) is 10.2 Å². The van der Waals surface area contributed by atoms with Crippen molar-refractivity contribution in [3.8, 4) is 5.75 Å². The van der Waals surface area contributed by atoms with Crippen LogP contribution in [-0.2, 0) is 4.79 Å². The van der Waals surface area contributed by atoms with E-state index in [4.69, 9.17) is 4.74 Å². The van der Waals surface area contributed by atoms with Crippen molar-refractivity contribution in [2.24, 2.45) is 0 Å². The molecule has 0 saturated carbocycles. The standard InChI is InChI=1S/C14H20N2O2.ClH/c1-11-3-4-12(2)13(9-11)18-10-14(17)16-7-5-15-6-8-16;/h3-4,9,15H,5-8,10H2,1-2H3;1H. The zero-order valence-electron chi connectivity index (χ0n) is 11.4. The third-order valence-corrected chi connectivity index (χ3v) is 3.16. The Hall–Kier alpha value is -1.26. The molecule has 1 aliphatic heterocycles. The zero-order valence-corrected chi connectivity index (χ0v) is 12.3. The number of halogens is 1. The Labute approximate surface area is 120 Å². The van der Waals surface area contributed by atoms with Crippen LogP contribution in [0.1, 0.15) is 11.1 Å². The minimum Gasteiger partial charge on any atom is -0.483 e. The maximum atomic E-state index is 11.9. The summed E-state index contributed by atoms with van der Waals surface area (Å²) in [5, 5.41) is 3.23. The normalized spacial score (nSPS) is 14.7. The SMILES string of the molecule is Cc1ccc(C)c(OCC(=O)N2CCNCC2)c1.Cl. The molecule has 1 aromatic carbocycles. The van der Waals surface area contributed by atoms with Gasteiger partial charge in [-0.2, -0.15) is 0 Å². The summed E-state index contributed by atoms with van der Waals surface area (Å²) in [7, 11) is 0. The molecule has 106 valence electrons. The molecule has 0 unspecified atom stereocenters. The highest BCUT2D eigenvalue weighted by Crippen LogP contribution is 2.19. The summed E-state index contributed by atoms with van der Waals surface area (Å²) < 4.78 is 5.62. The maximum absolute atomic E-state index is 11.9. The van der Waals surface area contributed by atoms with Crippen LogP contribution in [0.25, 0.3) is 0 Å². The summed E-state index contributed by atoms with van der Waals surface area (Å²) in [5.74, 6) is 0.871. The Morgan fingerprint density at radius 1 is 1.32 bits per heavy atom. The van der Waals surface area contributed by atoms with Gasteiger partial charge in [0.05, 0.1) is 0 Å². The molecule has 1 N–H and O–H groups in total. The van der Waals surface area contributed by atoms with Gasteiger partial charge in [0.2, 0.25) is 0 Å². The van der Waals surface area contributed by atoms with Gasteiger partial charge in [0.1, 0.15) is 5.75 Å². The van der Waals surface area contributed by atoms with Gasteiger partial charge in [-0.05, 0) is 31.0 Å². The van der Waals surface area contributed by atoms with Gasteiger partial charge in [0.25, 0.3) is 5.91 Å². The Morgan fingerprint density at radius 2 is 2.00 bits per heavy atom. The average molecular weight is 285 g/mol. The lowest BCUT2D eigenvalue weighted by atomic mass is 10.1. The number of aryl methyl sites for hydroxylation is 2. The maximum Gasteiger partial charge on any atom is 0.260 e. The summed E-state index contributed by atoms with van der Waals surface area (Å²) in [6, 6.07) is 6.03. The molecule has 0 aromatic heterocycles.